The number of aromatic nitrogens is 3. The molecule has 1 amide bonds. The molecule has 0 aliphatic rings. The molecule has 0 unspecified atom stereocenters. The van der Waals surface area contributed by atoms with E-state index in [9.17, 15) is 4.79 Å². The van der Waals surface area contributed by atoms with E-state index in [1.807, 2.05) is 29.8 Å². The van der Waals surface area contributed by atoms with E-state index in [2.05, 4.69) is 23.2 Å². The van der Waals surface area contributed by atoms with Gasteiger partial charge in [0.1, 0.15) is 6.33 Å². The molecule has 1 aromatic carbocycles. The first-order valence-electron chi connectivity index (χ1n) is 7.40. The topological polar surface area (TPSA) is 60.2 Å². The zero-order chi connectivity index (χ0) is 16.7. The van der Waals surface area contributed by atoms with Crippen molar-refractivity contribution in [2.75, 3.05) is 26.5 Å². The monoisotopic (exact) mass is 334 g/mol. The van der Waals surface area contributed by atoms with Gasteiger partial charge < -0.3 is 14.2 Å². The maximum atomic E-state index is 12.3. The fourth-order valence-electron chi connectivity index (χ4n) is 2.07. The maximum absolute atomic E-state index is 12.3. The Bertz CT molecular complexity index is 645. The molecule has 6 nitrogen and oxygen atoms in total. The minimum absolute atomic E-state index is 0.0690. The predicted octanol–water partition coefficient (Wildman–Crippen LogP) is 1.98. The van der Waals surface area contributed by atoms with Gasteiger partial charge in [-0.1, -0.05) is 36.0 Å². The van der Waals surface area contributed by atoms with E-state index in [1.165, 1.54) is 17.3 Å². The molecule has 2 aromatic rings. The van der Waals surface area contributed by atoms with Crippen LogP contribution in [0, 0.1) is 6.92 Å². The zero-order valence-corrected chi connectivity index (χ0v) is 14.5. The van der Waals surface area contributed by atoms with Crippen molar-refractivity contribution in [2.24, 2.45) is 0 Å². The number of nitrogens with zero attached hydrogens (tertiary/aromatic N) is 4. The molecular weight excluding hydrogens is 312 g/mol. The summed E-state index contributed by atoms with van der Waals surface area (Å²) < 4.78 is 6.94. The summed E-state index contributed by atoms with van der Waals surface area (Å²) in [6.07, 6.45) is 1.66. The Morgan fingerprint density at radius 1 is 1.39 bits per heavy atom. The Balaban J connectivity index is 1.87. The smallest absolute Gasteiger partial charge is 0.233 e. The van der Waals surface area contributed by atoms with Gasteiger partial charge in [-0.25, -0.2) is 0 Å². The lowest BCUT2D eigenvalue weighted by Crippen LogP contribution is -2.28. The fourth-order valence-corrected chi connectivity index (χ4v) is 2.95. The summed E-state index contributed by atoms with van der Waals surface area (Å²) in [5, 5.41) is 8.67. The summed E-state index contributed by atoms with van der Waals surface area (Å²) in [4.78, 5) is 14.0. The lowest BCUT2D eigenvalue weighted by Gasteiger charge is -2.18. The lowest BCUT2D eigenvalue weighted by atomic mass is 10.1. The van der Waals surface area contributed by atoms with E-state index in [0.717, 1.165) is 10.7 Å². The number of methoxy groups -OCH3 is 1. The van der Waals surface area contributed by atoms with Crippen molar-refractivity contribution in [1.29, 1.82) is 0 Å². The Morgan fingerprint density at radius 3 is 2.91 bits per heavy atom. The Kier molecular flexibility index (Phi) is 6.61. The Labute approximate surface area is 140 Å². The minimum Gasteiger partial charge on any atom is -0.383 e. The number of hydrogen-bond acceptors (Lipinski definition) is 5. The van der Waals surface area contributed by atoms with E-state index in [-0.39, 0.29) is 5.91 Å². The number of amides is 1. The second-order valence-corrected chi connectivity index (χ2v) is 6.21. The van der Waals surface area contributed by atoms with Gasteiger partial charge in [0.05, 0.1) is 12.4 Å². The van der Waals surface area contributed by atoms with Crippen molar-refractivity contribution in [1.82, 2.24) is 19.7 Å². The molecule has 23 heavy (non-hydrogen) atoms. The fraction of sp³-hybridized carbons (Fsp3) is 0.438. The number of hydrogen-bond donors (Lipinski definition) is 0. The van der Waals surface area contributed by atoms with E-state index < -0.39 is 0 Å². The molecule has 0 radical (unpaired) electrons. The van der Waals surface area contributed by atoms with E-state index >= 15 is 0 Å². The summed E-state index contributed by atoms with van der Waals surface area (Å²) in [5.41, 5.74) is 2.36. The zero-order valence-electron chi connectivity index (χ0n) is 13.7. The molecule has 0 saturated carbocycles. The Morgan fingerprint density at radius 2 is 2.17 bits per heavy atom. The van der Waals surface area contributed by atoms with Crippen LogP contribution in [0.1, 0.15) is 11.1 Å². The third-order valence-electron chi connectivity index (χ3n) is 3.54. The van der Waals surface area contributed by atoms with Gasteiger partial charge in [0.15, 0.2) is 5.16 Å². The van der Waals surface area contributed by atoms with Gasteiger partial charge in [-0.3, -0.25) is 4.79 Å². The summed E-state index contributed by atoms with van der Waals surface area (Å²) in [5.74, 6) is 0.410. The van der Waals surface area contributed by atoms with E-state index in [0.29, 0.717) is 25.4 Å². The van der Waals surface area contributed by atoms with Crippen LogP contribution >= 0.6 is 11.8 Å². The van der Waals surface area contributed by atoms with E-state index in [4.69, 9.17) is 4.74 Å². The molecule has 1 aromatic heterocycles. The highest BCUT2D eigenvalue weighted by Gasteiger charge is 2.13. The first kappa shape index (κ1) is 17.5. The van der Waals surface area contributed by atoms with Crippen LogP contribution in [0.15, 0.2) is 35.7 Å². The van der Waals surface area contributed by atoms with Crippen LogP contribution in [0.2, 0.25) is 0 Å². The molecule has 1 heterocycles. The minimum atomic E-state index is 0.0690. The third-order valence-corrected chi connectivity index (χ3v) is 4.50. The van der Waals surface area contributed by atoms with Crippen LogP contribution in [-0.2, 0) is 22.6 Å². The summed E-state index contributed by atoms with van der Waals surface area (Å²) in [6.45, 7) is 3.94. The predicted molar refractivity (Wildman–Crippen MR) is 90.3 cm³/mol. The van der Waals surface area contributed by atoms with Crippen molar-refractivity contribution in [2.45, 2.75) is 25.2 Å². The summed E-state index contributed by atoms with van der Waals surface area (Å²) >= 11 is 1.40. The van der Waals surface area contributed by atoms with Crippen LogP contribution in [-0.4, -0.2) is 52.1 Å². The van der Waals surface area contributed by atoms with Crippen LogP contribution in [0.25, 0.3) is 0 Å². The van der Waals surface area contributed by atoms with Gasteiger partial charge in [-0.05, 0) is 18.1 Å². The van der Waals surface area contributed by atoms with Crippen molar-refractivity contribution in [3.05, 3.63) is 41.7 Å². The number of carbonyl (C=O) groups is 1. The first-order chi connectivity index (χ1) is 11.1. The highest BCUT2D eigenvalue weighted by molar-refractivity contribution is 7.99. The number of ether oxygens (including phenoxy) is 1. The molecule has 0 aliphatic carbocycles. The van der Waals surface area contributed by atoms with Crippen molar-refractivity contribution >= 4 is 17.7 Å². The van der Waals surface area contributed by atoms with Crippen LogP contribution in [0.4, 0.5) is 0 Å². The van der Waals surface area contributed by atoms with Crippen molar-refractivity contribution < 1.29 is 9.53 Å². The Hall–Kier alpha value is -1.86. The molecule has 0 spiro atoms. The van der Waals surface area contributed by atoms with Crippen LogP contribution < -0.4 is 0 Å². The largest absolute Gasteiger partial charge is 0.383 e. The lowest BCUT2D eigenvalue weighted by molar-refractivity contribution is -0.127. The molecule has 124 valence electrons. The molecule has 7 heteroatoms. The summed E-state index contributed by atoms with van der Waals surface area (Å²) in [6, 6.07) is 8.10. The molecule has 2 rings (SSSR count). The molecule has 0 N–H and O–H groups in total. The number of rotatable bonds is 8. The van der Waals surface area contributed by atoms with Gasteiger partial charge in [0.25, 0.3) is 0 Å². The molecular formula is C16H22N4O2S. The van der Waals surface area contributed by atoms with Gasteiger partial charge in [0.2, 0.25) is 5.91 Å². The average molecular weight is 334 g/mol. The van der Waals surface area contributed by atoms with Crippen molar-refractivity contribution in [3.63, 3.8) is 0 Å². The normalized spacial score (nSPS) is 10.7. The SMILES string of the molecule is COCCn1cnnc1SCC(=O)N(C)Cc1ccccc1C. The number of benzene rings is 1. The molecule has 0 aliphatic heterocycles. The van der Waals surface area contributed by atoms with Gasteiger partial charge >= 0.3 is 0 Å². The number of carbonyl (C=O) groups excluding carboxylic acids is 1. The van der Waals surface area contributed by atoms with Gasteiger partial charge in [-0.15, -0.1) is 10.2 Å². The average Bonchev–Trinajstić information content (AvgIpc) is 3.00. The maximum Gasteiger partial charge on any atom is 0.233 e. The van der Waals surface area contributed by atoms with Gasteiger partial charge in [0, 0.05) is 27.2 Å². The molecule has 0 atom stereocenters. The summed E-state index contributed by atoms with van der Waals surface area (Å²) in [7, 11) is 3.48. The second kappa shape index (κ2) is 8.69. The third kappa shape index (κ3) is 5.07. The number of thioether (sulfide) groups is 1. The molecule has 0 bridgehead atoms. The van der Waals surface area contributed by atoms with Crippen LogP contribution in [0.5, 0.6) is 0 Å². The second-order valence-electron chi connectivity index (χ2n) is 5.26. The standard InChI is InChI=1S/C16H22N4O2S/c1-13-6-4-5-7-14(13)10-19(2)15(21)11-23-16-18-17-12-20(16)8-9-22-3/h4-7,12H,8-11H2,1-3H3. The highest BCUT2D eigenvalue weighted by Crippen LogP contribution is 2.16. The number of aryl methyl sites for hydroxylation is 1. The van der Waals surface area contributed by atoms with Crippen molar-refractivity contribution in [3.8, 4) is 0 Å². The quantitative estimate of drug-likeness (QED) is 0.691. The van der Waals surface area contributed by atoms with E-state index in [1.54, 1.807) is 18.3 Å². The highest BCUT2D eigenvalue weighted by atomic mass is 32.2. The molecule has 0 saturated heterocycles. The first-order valence-corrected chi connectivity index (χ1v) is 8.38. The molecule has 0 fully saturated rings. The van der Waals surface area contributed by atoms with Crippen LogP contribution in [0.3, 0.4) is 0 Å². The van der Waals surface area contributed by atoms with Gasteiger partial charge in [-0.2, -0.15) is 0 Å².